The van der Waals surface area contributed by atoms with Gasteiger partial charge in [0.15, 0.2) is 11.5 Å². The van der Waals surface area contributed by atoms with Crippen LogP contribution in [0.1, 0.15) is 16.1 Å². The average molecular weight is 490 g/mol. The number of halogens is 1. The van der Waals surface area contributed by atoms with Crippen molar-refractivity contribution >= 4 is 5.91 Å². The number of likely N-dealkylation sites (N-methyl/N-ethyl adjacent to an activating group) is 1. The van der Waals surface area contributed by atoms with Crippen LogP contribution in [0, 0.1) is 5.82 Å². The smallest absolute Gasteiger partial charge is 0.272 e. The van der Waals surface area contributed by atoms with Gasteiger partial charge in [-0.2, -0.15) is 5.10 Å². The van der Waals surface area contributed by atoms with Crippen molar-refractivity contribution in [3.05, 3.63) is 89.9 Å². The van der Waals surface area contributed by atoms with Crippen molar-refractivity contribution in [2.24, 2.45) is 0 Å². The van der Waals surface area contributed by atoms with Crippen molar-refractivity contribution in [2.45, 2.75) is 6.42 Å². The zero-order valence-electron chi connectivity index (χ0n) is 20.7. The number of carbonyl (C=O) groups excluding carboxylic acids is 1. The first-order valence-electron chi connectivity index (χ1n) is 11.4. The van der Waals surface area contributed by atoms with E-state index in [1.165, 1.54) is 12.1 Å². The molecule has 0 aliphatic heterocycles. The normalized spacial score (nSPS) is 10.7. The van der Waals surface area contributed by atoms with Crippen LogP contribution in [0.4, 0.5) is 4.39 Å². The lowest BCUT2D eigenvalue weighted by atomic mass is 10.1. The number of nitrogens with zero attached hydrogens (tertiary/aromatic N) is 3. The summed E-state index contributed by atoms with van der Waals surface area (Å²) in [5, 5.41) is 4.68. The second-order valence-corrected chi connectivity index (χ2v) is 8.20. The molecule has 0 fully saturated rings. The van der Waals surface area contributed by atoms with Gasteiger partial charge >= 0.3 is 0 Å². The quantitative estimate of drug-likeness (QED) is 0.330. The molecular formula is C28H28FN3O4. The van der Waals surface area contributed by atoms with Crippen LogP contribution in [-0.2, 0) is 6.42 Å². The number of methoxy groups -OCH3 is 3. The molecule has 4 aromatic rings. The van der Waals surface area contributed by atoms with Crippen LogP contribution in [0.2, 0.25) is 0 Å². The molecule has 0 saturated carbocycles. The number of amides is 1. The summed E-state index contributed by atoms with van der Waals surface area (Å²) in [5.74, 6) is 1.41. The summed E-state index contributed by atoms with van der Waals surface area (Å²) >= 11 is 0. The maximum absolute atomic E-state index is 13.6. The Kier molecular flexibility index (Phi) is 7.53. The molecule has 0 aliphatic carbocycles. The standard InChI is InChI=1S/C28H28FN3O4/c1-31(15-14-19-8-13-26(35-3)27(16-19)36-4)28(33)25-18-24(20-6-5-7-23(17-20)34-2)30-32(25)22-11-9-21(29)10-12-22/h5-13,16-18H,14-15H2,1-4H3. The minimum absolute atomic E-state index is 0.207. The molecule has 0 radical (unpaired) electrons. The van der Waals surface area contributed by atoms with E-state index in [-0.39, 0.29) is 11.7 Å². The fraction of sp³-hybridized carbons (Fsp3) is 0.214. The van der Waals surface area contributed by atoms with Crippen LogP contribution in [0.15, 0.2) is 72.8 Å². The molecule has 0 aliphatic rings. The molecular weight excluding hydrogens is 461 g/mol. The van der Waals surface area contributed by atoms with E-state index >= 15 is 0 Å². The summed E-state index contributed by atoms with van der Waals surface area (Å²) in [4.78, 5) is 15.2. The van der Waals surface area contributed by atoms with E-state index in [1.807, 2.05) is 42.5 Å². The minimum Gasteiger partial charge on any atom is -0.497 e. The highest BCUT2D eigenvalue weighted by molar-refractivity contribution is 5.94. The molecule has 8 heteroatoms. The van der Waals surface area contributed by atoms with Crippen molar-refractivity contribution in [3.8, 4) is 34.2 Å². The molecule has 0 N–H and O–H groups in total. The molecule has 0 unspecified atom stereocenters. The Morgan fingerprint density at radius 3 is 2.36 bits per heavy atom. The van der Waals surface area contributed by atoms with Crippen LogP contribution in [0.25, 0.3) is 16.9 Å². The molecule has 1 aromatic heterocycles. The lowest BCUT2D eigenvalue weighted by Gasteiger charge is -2.18. The van der Waals surface area contributed by atoms with Crippen LogP contribution in [0.5, 0.6) is 17.2 Å². The highest BCUT2D eigenvalue weighted by Crippen LogP contribution is 2.28. The van der Waals surface area contributed by atoms with Gasteiger partial charge in [-0.25, -0.2) is 9.07 Å². The molecule has 0 spiro atoms. The minimum atomic E-state index is -0.362. The Bertz CT molecular complexity index is 1350. The molecule has 36 heavy (non-hydrogen) atoms. The van der Waals surface area contributed by atoms with Crippen LogP contribution >= 0.6 is 0 Å². The summed E-state index contributed by atoms with van der Waals surface area (Å²) in [5.41, 5.74) is 3.37. The van der Waals surface area contributed by atoms with Crippen molar-refractivity contribution in [1.29, 1.82) is 0 Å². The van der Waals surface area contributed by atoms with Gasteiger partial charge in [-0.1, -0.05) is 18.2 Å². The second-order valence-electron chi connectivity index (χ2n) is 8.20. The number of ether oxygens (including phenoxy) is 3. The fourth-order valence-electron chi connectivity index (χ4n) is 3.87. The SMILES string of the molecule is COc1cccc(-c2cc(C(=O)N(C)CCc3ccc(OC)c(OC)c3)n(-c3ccc(F)cc3)n2)c1. The maximum atomic E-state index is 13.6. The molecule has 1 heterocycles. The van der Waals surface area contributed by atoms with Crippen LogP contribution < -0.4 is 14.2 Å². The van der Waals surface area contributed by atoms with Gasteiger partial charge in [0, 0.05) is 19.2 Å². The van der Waals surface area contributed by atoms with Gasteiger partial charge in [0.1, 0.15) is 17.3 Å². The third-order valence-corrected chi connectivity index (χ3v) is 5.90. The predicted octanol–water partition coefficient (Wildman–Crippen LogP) is 5.02. The van der Waals surface area contributed by atoms with E-state index in [4.69, 9.17) is 14.2 Å². The fourth-order valence-corrected chi connectivity index (χ4v) is 3.87. The lowest BCUT2D eigenvalue weighted by molar-refractivity contribution is 0.0787. The van der Waals surface area contributed by atoms with Crippen LogP contribution in [-0.4, -0.2) is 55.5 Å². The summed E-state index contributed by atoms with van der Waals surface area (Å²) in [7, 11) is 6.52. The number of aromatic nitrogens is 2. The molecule has 186 valence electrons. The number of rotatable bonds is 9. The monoisotopic (exact) mass is 489 g/mol. The Balaban J connectivity index is 1.62. The van der Waals surface area contributed by atoms with Gasteiger partial charge in [0.05, 0.1) is 32.7 Å². The largest absolute Gasteiger partial charge is 0.497 e. The van der Waals surface area contributed by atoms with Gasteiger partial charge in [-0.05, 0) is 66.6 Å². The first kappa shape index (κ1) is 24.8. The Morgan fingerprint density at radius 2 is 1.67 bits per heavy atom. The number of hydrogen-bond acceptors (Lipinski definition) is 5. The number of benzene rings is 3. The molecule has 7 nitrogen and oxygen atoms in total. The Morgan fingerprint density at radius 1 is 0.917 bits per heavy atom. The zero-order chi connectivity index (χ0) is 25.7. The summed E-state index contributed by atoms with van der Waals surface area (Å²) in [6, 6.07) is 20.8. The van der Waals surface area contributed by atoms with Gasteiger partial charge in [0.25, 0.3) is 5.91 Å². The predicted molar refractivity (Wildman–Crippen MR) is 136 cm³/mol. The highest BCUT2D eigenvalue weighted by atomic mass is 19.1. The van der Waals surface area contributed by atoms with Gasteiger partial charge in [-0.3, -0.25) is 4.79 Å². The summed E-state index contributed by atoms with van der Waals surface area (Å²) in [6.07, 6.45) is 0.621. The first-order valence-corrected chi connectivity index (χ1v) is 11.4. The Hall–Kier alpha value is -4.33. The molecule has 0 atom stereocenters. The van der Waals surface area contributed by atoms with Gasteiger partial charge in [0.2, 0.25) is 0 Å². The van der Waals surface area contributed by atoms with E-state index < -0.39 is 0 Å². The van der Waals surface area contributed by atoms with Gasteiger partial charge < -0.3 is 19.1 Å². The lowest BCUT2D eigenvalue weighted by Crippen LogP contribution is -2.30. The maximum Gasteiger partial charge on any atom is 0.272 e. The second kappa shape index (κ2) is 10.9. The third-order valence-electron chi connectivity index (χ3n) is 5.90. The van der Waals surface area contributed by atoms with Crippen molar-refractivity contribution in [1.82, 2.24) is 14.7 Å². The van der Waals surface area contributed by atoms with E-state index in [0.717, 1.165) is 11.1 Å². The van der Waals surface area contributed by atoms with Gasteiger partial charge in [-0.15, -0.1) is 0 Å². The average Bonchev–Trinajstić information content (AvgIpc) is 3.37. The van der Waals surface area contributed by atoms with E-state index in [0.29, 0.717) is 47.3 Å². The van der Waals surface area contributed by atoms with E-state index in [9.17, 15) is 9.18 Å². The molecule has 1 amide bonds. The van der Waals surface area contributed by atoms with Crippen molar-refractivity contribution in [2.75, 3.05) is 34.9 Å². The molecule has 0 saturated heterocycles. The van der Waals surface area contributed by atoms with Crippen molar-refractivity contribution in [3.63, 3.8) is 0 Å². The summed E-state index contributed by atoms with van der Waals surface area (Å²) in [6.45, 7) is 0.470. The topological polar surface area (TPSA) is 65.8 Å². The van der Waals surface area contributed by atoms with Crippen molar-refractivity contribution < 1.29 is 23.4 Å². The van der Waals surface area contributed by atoms with E-state index in [2.05, 4.69) is 5.10 Å². The summed E-state index contributed by atoms with van der Waals surface area (Å²) < 4.78 is 31.1. The number of carbonyl (C=O) groups is 1. The van der Waals surface area contributed by atoms with Crippen LogP contribution in [0.3, 0.4) is 0 Å². The zero-order valence-corrected chi connectivity index (χ0v) is 20.7. The molecule has 3 aromatic carbocycles. The Labute approximate surface area is 209 Å². The third kappa shape index (κ3) is 5.33. The molecule has 4 rings (SSSR count). The number of hydrogen-bond donors (Lipinski definition) is 0. The molecule has 0 bridgehead atoms. The van der Waals surface area contributed by atoms with E-state index in [1.54, 1.807) is 56.2 Å². The first-order chi connectivity index (χ1) is 17.4. The highest BCUT2D eigenvalue weighted by Gasteiger charge is 2.21.